The molecule has 116 valence electrons. The molecule has 2 heterocycles. The van der Waals surface area contributed by atoms with E-state index in [-0.39, 0.29) is 0 Å². The van der Waals surface area contributed by atoms with E-state index < -0.39 is 0 Å². The normalized spacial score (nSPS) is 31.1. The van der Waals surface area contributed by atoms with Crippen LogP contribution in [0.15, 0.2) is 29.2 Å². The summed E-state index contributed by atoms with van der Waals surface area (Å²) in [4.78, 5) is 4.23. The summed E-state index contributed by atoms with van der Waals surface area (Å²) in [6.07, 6.45) is 1.27. The van der Waals surface area contributed by atoms with Crippen LogP contribution in [-0.4, -0.2) is 42.4 Å². The molecule has 3 heteroatoms. The van der Waals surface area contributed by atoms with Gasteiger partial charge in [-0.1, -0.05) is 38.5 Å². The average molecular weight is 305 g/mol. The molecule has 3 rings (SSSR count). The highest BCUT2D eigenvalue weighted by atomic mass is 32.2. The van der Waals surface area contributed by atoms with Gasteiger partial charge in [-0.25, -0.2) is 0 Å². The summed E-state index contributed by atoms with van der Waals surface area (Å²) >= 11 is 2.04. The number of rotatable bonds is 4. The molecule has 2 nitrogen and oxygen atoms in total. The van der Waals surface area contributed by atoms with Crippen molar-refractivity contribution in [3.05, 3.63) is 29.8 Å². The largest absolute Gasteiger partial charge is 0.311 e. The topological polar surface area (TPSA) is 15.3 Å². The van der Waals surface area contributed by atoms with E-state index in [1.54, 1.807) is 5.56 Å². The number of nitrogens with zero attached hydrogens (tertiary/aromatic N) is 1. The third kappa shape index (κ3) is 3.30. The molecule has 0 radical (unpaired) electrons. The van der Waals surface area contributed by atoms with Gasteiger partial charge in [-0.3, -0.25) is 4.90 Å². The lowest BCUT2D eigenvalue weighted by atomic mass is 9.94. The van der Waals surface area contributed by atoms with Gasteiger partial charge in [0.2, 0.25) is 0 Å². The number of nitrogens with one attached hydrogen (secondary N) is 1. The van der Waals surface area contributed by atoms with Crippen molar-refractivity contribution in [3.63, 3.8) is 0 Å². The molecule has 0 saturated carbocycles. The molecular weight excluding hydrogens is 276 g/mol. The Morgan fingerprint density at radius 1 is 1.38 bits per heavy atom. The summed E-state index contributed by atoms with van der Waals surface area (Å²) in [6.45, 7) is 10.6. The van der Waals surface area contributed by atoms with Crippen LogP contribution in [0.1, 0.15) is 38.7 Å². The molecule has 0 bridgehead atoms. The van der Waals surface area contributed by atoms with Crippen LogP contribution in [0, 0.1) is 5.92 Å². The number of benzene rings is 1. The molecule has 0 aliphatic carbocycles. The quantitative estimate of drug-likeness (QED) is 0.915. The third-order valence-electron chi connectivity index (χ3n) is 5.31. The minimum absolute atomic E-state index is 0.656. The Bertz CT molecular complexity index is 476. The first kappa shape index (κ1) is 15.4. The van der Waals surface area contributed by atoms with Crippen molar-refractivity contribution in [2.24, 2.45) is 5.92 Å². The van der Waals surface area contributed by atoms with Crippen LogP contribution in [0.4, 0.5) is 0 Å². The van der Waals surface area contributed by atoms with Gasteiger partial charge in [0.15, 0.2) is 0 Å². The number of hydrogen-bond donors (Lipinski definition) is 1. The fraction of sp³-hybridized carbons (Fsp3) is 0.667. The minimum Gasteiger partial charge on any atom is -0.311 e. The zero-order chi connectivity index (χ0) is 14.8. The molecule has 2 aliphatic heterocycles. The zero-order valence-electron chi connectivity index (χ0n) is 13.5. The maximum absolute atomic E-state index is 3.75. The van der Waals surface area contributed by atoms with Crippen LogP contribution in [0.5, 0.6) is 0 Å². The molecule has 0 amide bonds. The van der Waals surface area contributed by atoms with Gasteiger partial charge in [-0.15, -0.1) is 11.8 Å². The summed E-state index contributed by atoms with van der Waals surface area (Å²) in [7, 11) is 0. The Hall–Kier alpha value is -0.510. The third-order valence-corrected chi connectivity index (χ3v) is 6.57. The highest BCUT2D eigenvalue weighted by Crippen LogP contribution is 2.40. The molecule has 2 aliphatic rings. The van der Waals surface area contributed by atoms with Crippen LogP contribution < -0.4 is 5.32 Å². The van der Waals surface area contributed by atoms with E-state index in [2.05, 4.69) is 55.3 Å². The van der Waals surface area contributed by atoms with Crippen LogP contribution in [0.25, 0.3) is 0 Å². The fourth-order valence-corrected chi connectivity index (χ4v) is 4.77. The van der Waals surface area contributed by atoms with Crippen LogP contribution in [-0.2, 0) is 0 Å². The van der Waals surface area contributed by atoms with Crippen molar-refractivity contribution in [2.75, 3.05) is 25.4 Å². The SMILES string of the molecule is CCC(C)C1CN(CC2CSc3ccccc32)C(C)CN1. The summed E-state index contributed by atoms with van der Waals surface area (Å²) < 4.78 is 0. The highest BCUT2D eigenvalue weighted by molar-refractivity contribution is 7.99. The Morgan fingerprint density at radius 3 is 3.00 bits per heavy atom. The van der Waals surface area contributed by atoms with E-state index in [9.17, 15) is 0 Å². The molecule has 0 spiro atoms. The predicted octanol–water partition coefficient (Wildman–Crippen LogP) is 3.58. The van der Waals surface area contributed by atoms with Crippen molar-refractivity contribution >= 4 is 11.8 Å². The molecule has 1 saturated heterocycles. The van der Waals surface area contributed by atoms with E-state index in [1.807, 2.05) is 11.8 Å². The van der Waals surface area contributed by atoms with E-state index in [1.165, 1.54) is 30.2 Å². The van der Waals surface area contributed by atoms with Gasteiger partial charge in [0.05, 0.1) is 0 Å². The smallest absolute Gasteiger partial charge is 0.0221 e. The van der Waals surface area contributed by atoms with Gasteiger partial charge in [-0.05, 0) is 24.5 Å². The molecule has 1 fully saturated rings. The highest BCUT2D eigenvalue weighted by Gasteiger charge is 2.31. The minimum atomic E-state index is 0.656. The van der Waals surface area contributed by atoms with E-state index >= 15 is 0 Å². The fourth-order valence-electron chi connectivity index (χ4n) is 3.53. The molecular formula is C18H28N2S. The Labute approximate surface area is 133 Å². The summed E-state index contributed by atoms with van der Waals surface area (Å²) in [6, 6.07) is 10.3. The second kappa shape index (κ2) is 6.72. The standard InChI is InChI=1S/C18H28N2S/c1-4-13(2)17-11-20(14(3)9-19-17)10-15-12-21-18-8-6-5-7-16(15)18/h5-8,13-15,17,19H,4,9-12H2,1-3H3. The van der Waals surface area contributed by atoms with E-state index in [0.29, 0.717) is 18.0 Å². The second-order valence-electron chi connectivity index (χ2n) is 6.75. The maximum Gasteiger partial charge on any atom is 0.0221 e. The van der Waals surface area contributed by atoms with Crippen molar-refractivity contribution in [1.82, 2.24) is 10.2 Å². The van der Waals surface area contributed by atoms with Crippen LogP contribution >= 0.6 is 11.8 Å². The van der Waals surface area contributed by atoms with Crippen LogP contribution in [0.2, 0.25) is 0 Å². The van der Waals surface area contributed by atoms with Gasteiger partial charge in [0.1, 0.15) is 0 Å². The zero-order valence-corrected chi connectivity index (χ0v) is 14.3. The summed E-state index contributed by atoms with van der Waals surface area (Å²) in [5.74, 6) is 2.74. The maximum atomic E-state index is 3.75. The number of thioether (sulfide) groups is 1. The average Bonchev–Trinajstić information content (AvgIpc) is 2.92. The Kier molecular flexibility index (Phi) is 4.92. The lowest BCUT2D eigenvalue weighted by Crippen LogP contribution is -2.58. The van der Waals surface area contributed by atoms with Crippen molar-refractivity contribution in [3.8, 4) is 0 Å². The molecule has 4 unspecified atom stereocenters. The predicted molar refractivity (Wildman–Crippen MR) is 92.2 cm³/mol. The first-order valence-corrected chi connectivity index (χ1v) is 9.36. The van der Waals surface area contributed by atoms with Gasteiger partial charge < -0.3 is 5.32 Å². The number of piperazine rings is 1. The Morgan fingerprint density at radius 2 is 2.19 bits per heavy atom. The van der Waals surface area contributed by atoms with Gasteiger partial charge >= 0.3 is 0 Å². The first-order valence-electron chi connectivity index (χ1n) is 8.38. The second-order valence-corrected chi connectivity index (χ2v) is 7.81. The number of hydrogen-bond acceptors (Lipinski definition) is 3. The van der Waals surface area contributed by atoms with Crippen molar-refractivity contribution < 1.29 is 0 Å². The summed E-state index contributed by atoms with van der Waals surface area (Å²) in [5, 5.41) is 3.75. The van der Waals surface area contributed by atoms with Gasteiger partial charge in [-0.2, -0.15) is 0 Å². The molecule has 1 aromatic carbocycles. The molecule has 0 aromatic heterocycles. The first-order chi connectivity index (χ1) is 10.2. The molecule has 1 aromatic rings. The van der Waals surface area contributed by atoms with E-state index in [0.717, 1.165) is 12.5 Å². The monoisotopic (exact) mass is 304 g/mol. The Balaban J connectivity index is 1.66. The van der Waals surface area contributed by atoms with Gasteiger partial charge in [0.25, 0.3) is 0 Å². The molecule has 1 N–H and O–H groups in total. The molecule has 4 atom stereocenters. The van der Waals surface area contributed by atoms with E-state index in [4.69, 9.17) is 0 Å². The molecule has 21 heavy (non-hydrogen) atoms. The van der Waals surface area contributed by atoms with Crippen molar-refractivity contribution in [2.45, 2.75) is 50.1 Å². The summed E-state index contributed by atoms with van der Waals surface area (Å²) in [5.41, 5.74) is 1.58. The van der Waals surface area contributed by atoms with Crippen LogP contribution in [0.3, 0.4) is 0 Å². The van der Waals surface area contributed by atoms with Crippen molar-refractivity contribution in [1.29, 1.82) is 0 Å². The number of fused-ring (bicyclic) bond motifs is 1. The lowest BCUT2D eigenvalue weighted by molar-refractivity contribution is 0.114. The van der Waals surface area contributed by atoms with Gasteiger partial charge in [0, 0.05) is 48.3 Å². The lowest BCUT2D eigenvalue weighted by Gasteiger charge is -2.42.